The molecule has 76 valence electrons. The molecule has 0 aromatic rings. The molecule has 1 atom stereocenters. The van der Waals surface area contributed by atoms with Crippen LogP contribution in [0, 0.1) is 12.3 Å². The molecule has 0 amide bonds. The summed E-state index contributed by atoms with van der Waals surface area (Å²) in [6.07, 6.45) is 7.43. The third-order valence-corrected chi connectivity index (χ3v) is 1.84. The first kappa shape index (κ1) is 12.5. The molecule has 1 N–H and O–H groups in total. The number of hydrogen-bond acceptors (Lipinski definition) is 2. The van der Waals surface area contributed by atoms with Crippen molar-refractivity contribution in [2.45, 2.75) is 45.8 Å². The van der Waals surface area contributed by atoms with E-state index in [-0.39, 0.29) is 0 Å². The Hall–Kier alpha value is -0.520. The van der Waals surface area contributed by atoms with E-state index in [1.54, 1.807) is 0 Å². The molecular weight excluding hydrogens is 162 g/mol. The molecule has 1 unspecified atom stereocenters. The number of ether oxygens (including phenoxy) is 1. The summed E-state index contributed by atoms with van der Waals surface area (Å²) in [5, 5.41) is 3.36. The summed E-state index contributed by atoms with van der Waals surface area (Å²) in [7, 11) is 0. The molecule has 0 fully saturated rings. The maximum Gasteiger partial charge on any atom is 0.0594 e. The second-order valence-corrected chi connectivity index (χ2v) is 3.39. The van der Waals surface area contributed by atoms with E-state index in [2.05, 4.69) is 18.2 Å². The molecule has 0 heterocycles. The fraction of sp³-hybridized carbons (Fsp3) is 0.818. The summed E-state index contributed by atoms with van der Waals surface area (Å²) >= 11 is 0. The predicted octanol–water partition coefficient (Wildman–Crippen LogP) is 1.80. The van der Waals surface area contributed by atoms with Gasteiger partial charge in [0.25, 0.3) is 0 Å². The van der Waals surface area contributed by atoms with Crippen LogP contribution in [0.2, 0.25) is 0 Å². The number of terminal acetylenes is 1. The van der Waals surface area contributed by atoms with Crippen molar-refractivity contribution in [3.63, 3.8) is 0 Å². The summed E-state index contributed by atoms with van der Waals surface area (Å²) < 4.78 is 5.40. The zero-order valence-electron chi connectivity index (χ0n) is 8.97. The number of hydrogen-bond donors (Lipinski definition) is 1. The van der Waals surface area contributed by atoms with Crippen molar-refractivity contribution in [2.24, 2.45) is 0 Å². The van der Waals surface area contributed by atoms with Crippen LogP contribution in [-0.4, -0.2) is 25.3 Å². The minimum absolute atomic E-state index is 0.314. The van der Waals surface area contributed by atoms with E-state index in [0.29, 0.717) is 12.1 Å². The number of rotatable bonds is 7. The maximum atomic E-state index is 5.40. The van der Waals surface area contributed by atoms with Gasteiger partial charge in [0.2, 0.25) is 0 Å². The molecule has 0 bridgehead atoms. The van der Waals surface area contributed by atoms with Gasteiger partial charge < -0.3 is 10.1 Å². The molecule has 0 rings (SSSR count). The normalized spacial score (nSPS) is 12.8. The summed E-state index contributed by atoms with van der Waals surface area (Å²) in [6.45, 7) is 7.87. The fourth-order valence-corrected chi connectivity index (χ4v) is 1.06. The first-order chi connectivity index (χ1) is 6.20. The van der Waals surface area contributed by atoms with E-state index in [1.165, 1.54) is 0 Å². The van der Waals surface area contributed by atoms with Gasteiger partial charge >= 0.3 is 0 Å². The summed E-state index contributed by atoms with van der Waals surface area (Å²) in [4.78, 5) is 0. The van der Waals surface area contributed by atoms with E-state index in [4.69, 9.17) is 11.2 Å². The second-order valence-electron chi connectivity index (χ2n) is 3.39. The first-order valence-electron chi connectivity index (χ1n) is 4.99. The Labute approximate surface area is 82.1 Å². The molecule has 13 heavy (non-hydrogen) atoms. The molecule has 0 saturated heterocycles. The van der Waals surface area contributed by atoms with Gasteiger partial charge in [-0.15, -0.1) is 12.3 Å². The summed E-state index contributed by atoms with van der Waals surface area (Å²) in [5.41, 5.74) is 0. The van der Waals surface area contributed by atoms with Crippen LogP contribution >= 0.6 is 0 Å². The van der Waals surface area contributed by atoms with Gasteiger partial charge in [0, 0.05) is 19.0 Å². The lowest BCUT2D eigenvalue weighted by molar-refractivity contribution is 0.0793. The fourth-order valence-electron chi connectivity index (χ4n) is 1.06. The highest BCUT2D eigenvalue weighted by atomic mass is 16.5. The summed E-state index contributed by atoms with van der Waals surface area (Å²) in [6, 6.07) is 0.445. The standard InChI is InChI=1S/C11H21NO/c1-5-7-11(6-2)12-8-9-13-10(3)4/h1,10-12H,6-9H2,2-4H3. The Kier molecular flexibility index (Phi) is 7.77. The van der Waals surface area contributed by atoms with Crippen molar-refractivity contribution in [1.82, 2.24) is 5.32 Å². The van der Waals surface area contributed by atoms with Crippen LogP contribution in [-0.2, 0) is 4.74 Å². The smallest absolute Gasteiger partial charge is 0.0594 e. The van der Waals surface area contributed by atoms with E-state index in [0.717, 1.165) is 26.0 Å². The second kappa shape index (κ2) is 8.10. The minimum Gasteiger partial charge on any atom is -0.377 e. The molecule has 2 nitrogen and oxygen atoms in total. The van der Waals surface area contributed by atoms with Gasteiger partial charge in [0.15, 0.2) is 0 Å². The highest BCUT2D eigenvalue weighted by molar-refractivity contribution is 4.89. The van der Waals surface area contributed by atoms with Crippen molar-refractivity contribution in [1.29, 1.82) is 0 Å². The third-order valence-electron chi connectivity index (χ3n) is 1.84. The Bertz CT molecular complexity index is 149. The lowest BCUT2D eigenvalue weighted by atomic mass is 10.1. The Balaban J connectivity index is 3.34. The predicted molar refractivity (Wildman–Crippen MR) is 56.6 cm³/mol. The van der Waals surface area contributed by atoms with Crippen LogP contribution in [0.15, 0.2) is 0 Å². The largest absolute Gasteiger partial charge is 0.377 e. The van der Waals surface area contributed by atoms with E-state index >= 15 is 0 Å². The minimum atomic E-state index is 0.314. The van der Waals surface area contributed by atoms with Crippen LogP contribution in [0.1, 0.15) is 33.6 Å². The zero-order chi connectivity index (χ0) is 10.1. The molecule has 0 aliphatic carbocycles. The van der Waals surface area contributed by atoms with Crippen molar-refractivity contribution in [3.05, 3.63) is 0 Å². The van der Waals surface area contributed by atoms with E-state index in [1.807, 2.05) is 13.8 Å². The number of nitrogens with one attached hydrogen (secondary N) is 1. The Morgan fingerprint density at radius 2 is 2.15 bits per heavy atom. The maximum absolute atomic E-state index is 5.40. The molecule has 0 saturated carbocycles. The SMILES string of the molecule is C#CCC(CC)NCCOC(C)C. The Morgan fingerprint density at radius 3 is 2.62 bits per heavy atom. The van der Waals surface area contributed by atoms with Crippen LogP contribution in [0.25, 0.3) is 0 Å². The first-order valence-corrected chi connectivity index (χ1v) is 4.99. The van der Waals surface area contributed by atoms with Crippen molar-refractivity contribution < 1.29 is 4.74 Å². The summed E-state index contributed by atoms with van der Waals surface area (Å²) in [5.74, 6) is 2.67. The highest BCUT2D eigenvalue weighted by Crippen LogP contribution is 1.95. The van der Waals surface area contributed by atoms with Gasteiger partial charge in [-0.3, -0.25) is 0 Å². The molecule has 0 aromatic carbocycles. The lowest BCUT2D eigenvalue weighted by Crippen LogP contribution is -2.31. The quantitative estimate of drug-likeness (QED) is 0.480. The third kappa shape index (κ3) is 7.83. The molecule has 0 aromatic heterocycles. The van der Waals surface area contributed by atoms with Crippen LogP contribution in [0.3, 0.4) is 0 Å². The molecular formula is C11H21NO. The Morgan fingerprint density at radius 1 is 1.46 bits per heavy atom. The monoisotopic (exact) mass is 183 g/mol. The molecule has 0 spiro atoms. The van der Waals surface area contributed by atoms with E-state index in [9.17, 15) is 0 Å². The van der Waals surface area contributed by atoms with Gasteiger partial charge in [-0.25, -0.2) is 0 Å². The highest BCUT2D eigenvalue weighted by Gasteiger charge is 2.02. The van der Waals surface area contributed by atoms with Gasteiger partial charge in [0.1, 0.15) is 0 Å². The molecule has 0 aliphatic heterocycles. The van der Waals surface area contributed by atoms with Crippen molar-refractivity contribution in [3.8, 4) is 12.3 Å². The van der Waals surface area contributed by atoms with Crippen molar-refractivity contribution in [2.75, 3.05) is 13.2 Å². The average Bonchev–Trinajstić information content (AvgIpc) is 2.10. The van der Waals surface area contributed by atoms with Gasteiger partial charge in [0.05, 0.1) is 12.7 Å². The zero-order valence-corrected chi connectivity index (χ0v) is 8.97. The van der Waals surface area contributed by atoms with Crippen LogP contribution in [0.5, 0.6) is 0 Å². The van der Waals surface area contributed by atoms with E-state index < -0.39 is 0 Å². The van der Waals surface area contributed by atoms with Gasteiger partial charge in [-0.05, 0) is 20.3 Å². The van der Waals surface area contributed by atoms with Crippen molar-refractivity contribution >= 4 is 0 Å². The molecule has 2 heteroatoms. The van der Waals surface area contributed by atoms with Gasteiger partial charge in [-0.2, -0.15) is 0 Å². The lowest BCUT2D eigenvalue weighted by Gasteiger charge is -2.14. The molecule has 0 aliphatic rings. The topological polar surface area (TPSA) is 21.3 Å². The molecule has 0 radical (unpaired) electrons. The average molecular weight is 183 g/mol. The van der Waals surface area contributed by atoms with Gasteiger partial charge in [-0.1, -0.05) is 6.92 Å². The van der Waals surface area contributed by atoms with Crippen LogP contribution in [0.4, 0.5) is 0 Å². The van der Waals surface area contributed by atoms with Crippen LogP contribution < -0.4 is 5.32 Å².